The highest BCUT2D eigenvalue weighted by Gasteiger charge is 2.33. The summed E-state index contributed by atoms with van der Waals surface area (Å²) in [5.41, 5.74) is 0.946. The van der Waals surface area contributed by atoms with Crippen LogP contribution in [-0.4, -0.2) is 28.2 Å². The number of imidazole rings is 1. The average molecular weight is 327 g/mol. The first kappa shape index (κ1) is 16.4. The molecule has 2 heterocycles. The van der Waals surface area contributed by atoms with Crippen LogP contribution in [0.2, 0.25) is 0 Å². The smallest absolute Gasteiger partial charge is 0.191 e. The normalized spacial score (nSPS) is 19.3. The van der Waals surface area contributed by atoms with Crippen LogP contribution >= 0.6 is 0 Å². The van der Waals surface area contributed by atoms with Crippen molar-refractivity contribution >= 4 is 5.96 Å². The number of hydrogen-bond acceptors (Lipinski definition) is 3. The second kappa shape index (κ2) is 6.55. The van der Waals surface area contributed by atoms with Crippen LogP contribution in [0, 0.1) is 0 Å². The van der Waals surface area contributed by atoms with Gasteiger partial charge in [-0.25, -0.2) is 4.98 Å². The first-order chi connectivity index (χ1) is 11.5. The van der Waals surface area contributed by atoms with Crippen LogP contribution in [0.5, 0.6) is 5.75 Å². The number of nitrogens with one attached hydrogen (secondary N) is 2. The number of aliphatic imine (C=N–C) groups is 1. The molecule has 1 aliphatic rings. The number of guanidine groups is 1. The zero-order valence-corrected chi connectivity index (χ0v) is 14.7. The quantitative estimate of drug-likeness (QED) is 0.671. The molecule has 128 valence electrons. The third-order valence-electron chi connectivity index (χ3n) is 4.25. The number of aromatic nitrogens is 2. The van der Waals surface area contributed by atoms with E-state index in [2.05, 4.69) is 40.5 Å². The summed E-state index contributed by atoms with van der Waals surface area (Å²) in [6.45, 7) is 4.85. The first-order valence-corrected chi connectivity index (χ1v) is 8.20. The molecule has 1 unspecified atom stereocenters. The van der Waals surface area contributed by atoms with Crippen LogP contribution in [0.3, 0.4) is 0 Å². The largest absolute Gasteiger partial charge is 0.487 e. The van der Waals surface area contributed by atoms with E-state index in [1.807, 2.05) is 36.0 Å². The maximum absolute atomic E-state index is 6.09. The van der Waals surface area contributed by atoms with Gasteiger partial charge in [0.15, 0.2) is 5.96 Å². The van der Waals surface area contributed by atoms with Crippen LogP contribution in [-0.2, 0) is 13.6 Å². The van der Waals surface area contributed by atoms with Gasteiger partial charge in [-0.2, -0.15) is 0 Å². The molecule has 1 atom stereocenters. The fraction of sp³-hybridized carbons (Fsp3) is 0.444. The van der Waals surface area contributed by atoms with Gasteiger partial charge in [0, 0.05) is 38.5 Å². The zero-order valence-electron chi connectivity index (χ0n) is 14.7. The lowest BCUT2D eigenvalue weighted by Gasteiger charge is -2.38. The molecule has 6 nitrogen and oxygen atoms in total. The van der Waals surface area contributed by atoms with E-state index in [9.17, 15) is 0 Å². The van der Waals surface area contributed by atoms with E-state index in [1.165, 1.54) is 0 Å². The molecule has 0 radical (unpaired) electrons. The Labute approximate surface area is 143 Å². The molecular weight excluding hydrogens is 302 g/mol. The van der Waals surface area contributed by atoms with Crippen LogP contribution in [0.1, 0.15) is 37.7 Å². The number of ether oxygens (including phenoxy) is 1. The van der Waals surface area contributed by atoms with Gasteiger partial charge >= 0.3 is 0 Å². The van der Waals surface area contributed by atoms with Crippen molar-refractivity contribution in [3.05, 3.63) is 48.0 Å². The molecule has 1 aromatic carbocycles. The van der Waals surface area contributed by atoms with Gasteiger partial charge in [0.2, 0.25) is 0 Å². The molecule has 6 heteroatoms. The summed E-state index contributed by atoms with van der Waals surface area (Å²) in [6, 6.07) is 8.33. The van der Waals surface area contributed by atoms with Crippen LogP contribution in [0.15, 0.2) is 41.7 Å². The number of benzene rings is 1. The molecule has 0 bridgehead atoms. The molecule has 0 saturated heterocycles. The van der Waals surface area contributed by atoms with E-state index in [0.29, 0.717) is 6.54 Å². The fourth-order valence-corrected chi connectivity index (χ4v) is 3.02. The summed E-state index contributed by atoms with van der Waals surface area (Å²) >= 11 is 0. The van der Waals surface area contributed by atoms with Crippen molar-refractivity contribution in [2.75, 3.05) is 7.05 Å². The Morgan fingerprint density at radius 3 is 2.92 bits per heavy atom. The standard InChI is InChI=1S/C18H25N5O/c1-18(2)11-14(13-7-5-6-8-15(13)24-18)22-17(19-3)21-12-16-20-9-10-23(16)4/h5-10,14H,11-12H2,1-4H3,(H2,19,21,22). The van der Waals surface area contributed by atoms with Gasteiger partial charge in [0.1, 0.15) is 17.2 Å². The number of para-hydroxylation sites is 1. The lowest BCUT2D eigenvalue weighted by atomic mass is 9.90. The lowest BCUT2D eigenvalue weighted by Crippen LogP contribution is -2.45. The van der Waals surface area contributed by atoms with Crippen molar-refractivity contribution in [3.8, 4) is 5.75 Å². The number of hydrogen-bond donors (Lipinski definition) is 2. The molecule has 3 rings (SSSR count). The van der Waals surface area contributed by atoms with Gasteiger partial charge in [0.25, 0.3) is 0 Å². The van der Waals surface area contributed by atoms with E-state index in [-0.39, 0.29) is 11.6 Å². The minimum absolute atomic E-state index is 0.150. The summed E-state index contributed by atoms with van der Waals surface area (Å²) in [4.78, 5) is 8.67. The summed E-state index contributed by atoms with van der Waals surface area (Å²) < 4.78 is 8.08. The third kappa shape index (κ3) is 3.53. The average Bonchev–Trinajstić information content (AvgIpc) is 2.95. The molecule has 1 aromatic heterocycles. The minimum atomic E-state index is -0.218. The van der Waals surface area contributed by atoms with Crippen molar-refractivity contribution in [2.45, 2.75) is 38.5 Å². The lowest BCUT2D eigenvalue weighted by molar-refractivity contribution is 0.0694. The summed E-state index contributed by atoms with van der Waals surface area (Å²) in [7, 11) is 3.77. The Hall–Kier alpha value is -2.50. The Morgan fingerprint density at radius 1 is 1.42 bits per heavy atom. The van der Waals surface area contributed by atoms with Gasteiger partial charge in [-0.1, -0.05) is 18.2 Å². The fourth-order valence-electron chi connectivity index (χ4n) is 3.02. The van der Waals surface area contributed by atoms with Crippen molar-refractivity contribution < 1.29 is 4.74 Å². The molecule has 1 aliphatic heterocycles. The molecule has 0 aliphatic carbocycles. The Balaban J connectivity index is 1.72. The molecule has 0 spiro atoms. The summed E-state index contributed by atoms with van der Waals surface area (Å²) in [5.74, 6) is 2.66. The van der Waals surface area contributed by atoms with Gasteiger partial charge < -0.3 is 19.9 Å². The Morgan fingerprint density at radius 2 is 2.21 bits per heavy atom. The Kier molecular flexibility index (Phi) is 4.46. The van der Waals surface area contributed by atoms with E-state index in [4.69, 9.17) is 4.74 Å². The third-order valence-corrected chi connectivity index (χ3v) is 4.25. The van der Waals surface area contributed by atoms with E-state index < -0.39 is 0 Å². The maximum atomic E-state index is 6.09. The zero-order chi connectivity index (χ0) is 17.2. The second-order valence-electron chi connectivity index (χ2n) is 6.68. The van der Waals surface area contributed by atoms with E-state index in [1.54, 1.807) is 13.2 Å². The summed E-state index contributed by atoms with van der Waals surface area (Å²) in [6.07, 6.45) is 4.60. The predicted molar refractivity (Wildman–Crippen MR) is 95.0 cm³/mol. The monoisotopic (exact) mass is 327 g/mol. The SMILES string of the molecule is CN=C(NCc1nccn1C)NC1CC(C)(C)Oc2ccccc21. The number of aryl methyl sites for hydroxylation is 1. The maximum Gasteiger partial charge on any atom is 0.191 e. The van der Waals surface area contributed by atoms with Gasteiger partial charge in [0.05, 0.1) is 12.6 Å². The molecule has 0 fully saturated rings. The van der Waals surface area contributed by atoms with E-state index >= 15 is 0 Å². The molecular formula is C18H25N5O. The highest BCUT2D eigenvalue weighted by Crippen LogP contribution is 2.39. The van der Waals surface area contributed by atoms with Gasteiger partial charge in [-0.15, -0.1) is 0 Å². The highest BCUT2D eigenvalue weighted by atomic mass is 16.5. The highest BCUT2D eigenvalue weighted by molar-refractivity contribution is 5.80. The Bertz CT molecular complexity index is 735. The molecule has 2 N–H and O–H groups in total. The molecule has 24 heavy (non-hydrogen) atoms. The topological polar surface area (TPSA) is 63.5 Å². The van der Waals surface area contributed by atoms with E-state index in [0.717, 1.165) is 29.5 Å². The molecule has 2 aromatic rings. The molecule has 0 amide bonds. The van der Waals surface area contributed by atoms with Crippen molar-refractivity contribution in [1.29, 1.82) is 0 Å². The number of nitrogens with zero attached hydrogens (tertiary/aromatic N) is 3. The van der Waals surface area contributed by atoms with Crippen LogP contribution in [0.4, 0.5) is 0 Å². The summed E-state index contributed by atoms with van der Waals surface area (Å²) in [5, 5.41) is 6.85. The van der Waals surface area contributed by atoms with Gasteiger partial charge in [-0.05, 0) is 19.9 Å². The van der Waals surface area contributed by atoms with Crippen LogP contribution < -0.4 is 15.4 Å². The minimum Gasteiger partial charge on any atom is -0.487 e. The van der Waals surface area contributed by atoms with Crippen molar-refractivity contribution in [2.24, 2.45) is 12.0 Å². The number of fused-ring (bicyclic) bond motifs is 1. The predicted octanol–water partition coefficient (Wildman–Crippen LogP) is 2.39. The first-order valence-electron chi connectivity index (χ1n) is 8.20. The molecule has 0 saturated carbocycles. The van der Waals surface area contributed by atoms with Crippen LogP contribution in [0.25, 0.3) is 0 Å². The number of rotatable bonds is 3. The van der Waals surface area contributed by atoms with Crippen molar-refractivity contribution in [3.63, 3.8) is 0 Å². The van der Waals surface area contributed by atoms with Crippen molar-refractivity contribution in [1.82, 2.24) is 20.2 Å². The van der Waals surface area contributed by atoms with Gasteiger partial charge in [-0.3, -0.25) is 4.99 Å². The second-order valence-corrected chi connectivity index (χ2v) is 6.68.